The maximum atomic E-state index is 11.4. The molecule has 1 amide bonds. The molecule has 0 unspecified atom stereocenters. The van der Waals surface area contributed by atoms with E-state index in [1.54, 1.807) is 0 Å². The lowest BCUT2D eigenvalue weighted by atomic mass is 10.0. The van der Waals surface area contributed by atoms with Gasteiger partial charge < -0.3 is 15.2 Å². The smallest absolute Gasteiger partial charge is 0.329 e. The molecule has 0 aliphatic heterocycles. The second-order valence-electron chi connectivity index (χ2n) is 4.20. The molecule has 0 bridgehead atoms. The number of carbonyl (C=O) groups excluding carboxylic acids is 1. The number of amides is 1. The van der Waals surface area contributed by atoms with Crippen molar-refractivity contribution in [3.05, 3.63) is 0 Å². The number of hydrogen-bond donors (Lipinski definition) is 2. The number of rotatable bonds is 5. The van der Waals surface area contributed by atoms with Gasteiger partial charge in [0.2, 0.25) is 5.91 Å². The van der Waals surface area contributed by atoms with E-state index in [2.05, 4.69) is 5.32 Å². The molecule has 5 heteroatoms. The van der Waals surface area contributed by atoms with Crippen LogP contribution < -0.4 is 5.32 Å². The van der Waals surface area contributed by atoms with Crippen molar-refractivity contribution in [3.63, 3.8) is 0 Å². The van der Waals surface area contributed by atoms with Gasteiger partial charge >= 0.3 is 5.97 Å². The van der Waals surface area contributed by atoms with Crippen LogP contribution in [0.15, 0.2) is 0 Å². The van der Waals surface area contributed by atoms with Crippen LogP contribution in [0.5, 0.6) is 0 Å². The fraction of sp³-hybridized carbons (Fsp3) is 0.800. The van der Waals surface area contributed by atoms with Crippen molar-refractivity contribution in [1.29, 1.82) is 0 Å². The Morgan fingerprint density at radius 3 is 2.47 bits per heavy atom. The Bertz CT molecular complexity index is 246. The monoisotopic (exact) mass is 215 g/mol. The Morgan fingerprint density at radius 1 is 1.33 bits per heavy atom. The minimum Gasteiger partial charge on any atom is -0.480 e. The minimum absolute atomic E-state index is 0.121. The van der Waals surface area contributed by atoms with Crippen LogP contribution in [-0.4, -0.2) is 35.7 Å². The van der Waals surface area contributed by atoms with Crippen molar-refractivity contribution in [2.75, 3.05) is 13.2 Å². The van der Waals surface area contributed by atoms with Gasteiger partial charge in [-0.25, -0.2) is 4.79 Å². The lowest BCUT2D eigenvalue weighted by molar-refractivity contribution is -0.143. The summed E-state index contributed by atoms with van der Waals surface area (Å²) in [7, 11) is 0. The van der Waals surface area contributed by atoms with Crippen molar-refractivity contribution < 1.29 is 19.4 Å². The highest BCUT2D eigenvalue weighted by molar-refractivity contribution is 5.78. The Balaban J connectivity index is 2.20. The molecule has 15 heavy (non-hydrogen) atoms. The number of hydrogen-bond acceptors (Lipinski definition) is 3. The van der Waals surface area contributed by atoms with E-state index in [0.717, 1.165) is 25.7 Å². The average molecular weight is 215 g/mol. The van der Waals surface area contributed by atoms with Gasteiger partial charge in [-0.2, -0.15) is 0 Å². The molecule has 0 aromatic heterocycles. The van der Waals surface area contributed by atoms with Gasteiger partial charge in [0.05, 0.1) is 0 Å². The first kappa shape index (κ1) is 12.0. The van der Waals surface area contributed by atoms with Gasteiger partial charge in [-0.1, -0.05) is 12.8 Å². The summed E-state index contributed by atoms with van der Waals surface area (Å²) >= 11 is 0. The molecule has 2 N–H and O–H groups in total. The topological polar surface area (TPSA) is 75.6 Å². The van der Waals surface area contributed by atoms with Gasteiger partial charge in [-0.05, 0) is 19.8 Å². The molecular weight excluding hydrogens is 198 g/mol. The molecule has 0 atom stereocenters. The molecule has 0 aromatic rings. The van der Waals surface area contributed by atoms with E-state index >= 15 is 0 Å². The highest BCUT2D eigenvalue weighted by Gasteiger charge is 2.29. The number of aliphatic carboxylic acids is 1. The molecule has 1 aliphatic rings. The van der Waals surface area contributed by atoms with Gasteiger partial charge in [0.25, 0.3) is 0 Å². The zero-order valence-electron chi connectivity index (χ0n) is 8.91. The van der Waals surface area contributed by atoms with Crippen LogP contribution in [0, 0.1) is 0 Å². The van der Waals surface area contributed by atoms with Gasteiger partial charge in [-0.3, -0.25) is 4.79 Å². The number of carboxylic acids is 1. The van der Waals surface area contributed by atoms with Crippen molar-refractivity contribution >= 4 is 11.9 Å². The fourth-order valence-corrected chi connectivity index (χ4v) is 1.88. The summed E-state index contributed by atoms with van der Waals surface area (Å²) in [4.78, 5) is 21.5. The van der Waals surface area contributed by atoms with Crippen molar-refractivity contribution in [3.8, 4) is 0 Å². The highest BCUT2D eigenvalue weighted by atomic mass is 16.5. The molecule has 1 rings (SSSR count). The summed E-state index contributed by atoms with van der Waals surface area (Å²) in [5.41, 5.74) is -0.121. The second kappa shape index (κ2) is 5.11. The number of nitrogens with one attached hydrogen (secondary N) is 1. The van der Waals surface area contributed by atoms with Crippen molar-refractivity contribution in [2.45, 2.75) is 38.1 Å². The maximum absolute atomic E-state index is 11.4. The molecular formula is C10H17NO4. The Morgan fingerprint density at radius 2 is 1.93 bits per heavy atom. The maximum Gasteiger partial charge on any atom is 0.329 e. The largest absolute Gasteiger partial charge is 0.480 e. The van der Waals surface area contributed by atoms with E-state index in [0.29, 0.717) is 0 Å². The van der Waals surface area contributed by atoms with E-state index in [4.69, 9.17) is 9.84 Å². The summed E-state index contributed by atoms with van der Waals surface area (Å²) in [6, 6.07) is 0. The molecule has 0 spiro atoms. The van der Waals surface area contributed by atoms with Gasteiger partial charge in [0.1, 0.15) is 13.2 Å². The lowest BCUT2D eigenvalue weighted by Gasteiger charge is -2.25. The first-order chi connectivity index (χ1) is 7.02. The van der Waals surface area contributed by atoms with Crippen LogP contribution in [-0.2, 0) is 14.3 Å². The number of carbonyl (C=O) groups is 2. The molecule has 1 fully saturated rings. The van der Waals surface area contributed by atoms with E-state index < -0.39 is 12.6 Å². The highest BCUT2D eigenvalue weighted by Crippen LogP contribution is 2.28. The van der Waals surface area contributed by atoms with Crippen molar-refractivity contribution in [1.82, 2.24) is 5.32 Å². The van der Waals surface area contributed by atoms with Gasteiger partial charge in [0, 0.05) is 5.54 Å². The second-order valence-corrected chi connectivity index (χ2v) is 4.20. The Kier molecular flexibility index (Phi) is 4.08. The van der Waals surface area contributed by atoms with E-state index in [1.807, 2.05) is 6.92 Å². The quantitative estimate of drug-likeness (QED) is 0.701. The molecule has 0 heterocycles. The minimum atomic E-state index is -1.06. The predicted molar refractivity (Wildman–Crippen MR) is 53.5 cm³/mol. The standard InChI is InChI=1S/C10H17NO4/c1-10(4-2-3-5-10)11-8(12)6-15-7-9(13)14/h2-7H2,1H3,(H,11,12)(H,13,14). The molecule has 1 saturated carbocycles. The Labute approximate surface area is 88.8 Å². The molecule has 86 valence electrons. The van der Waals surface area contributed by atoms with Gasteiger partial charge in [-0.15, -0.1) is 0 Å². The van der Waals surface area contributed by atoms with E-state index in [9.17, 15) is 9.59 Å². The van der Waals surface area contributed by atoms with Crippen LogP contribution in [0.4, 0.5) is 0 Å². The summed E-state index contributed by atoms with van der Waals surface area (Å²) in [6.45, 7) is 1.40. The molecule has 1 aliphatic carbocycles. The zero-order valence-corrected chi connectivity index (χ0v) is 8.91. The predicted octanol–water partition coefficient (Wildman–Crippen LogP) is 0.536. The SMILES string of the molecule is CC1(NC(=O)COCC(=O)O)CCCC1. The first-order valence-corrected chi connectivity index (χ1v) is 5.12. The zero-order chi connectivity index (χ0) is 11.3. The van der Waals surface area contributed by atoms with Crippen LogP contribution >= 0.6 is 0 Å². The molecule has 5 nitrogen and oxygen atoms in total. The van der Waals surface area contributed by atoms with Crippen LogP contribution in [0.1, 0.15) is 32.6 Å². The van der Waals surface area contributed by atoms with E-state index in [1.165, 1.54) is 0 Å². The summed E-state index contributed by atoms with van der Waals surface area (Å²) in [6.07, 6.45) is 4.23. The molecule has 0 saturated heterocycles. The van der Waals surface area contributed by atoms with Crippen molar-refractivity contribution in [2.24, 2.45) is 0 Å². The van der Waals surface area contributed by atoms with Crippen LogP contribution in [0.2, 0.25) is 0 Å². The molecule has 0 radical (unpaired) electrons. The number of ether oxygens (including phenoxy) is 1. The summed E-state index contributed by atoms with van der Waals surface area (Å²) < 4.78 is 4.70. The average Bonchev–Trinajstić information content (AvgIpc) is 2.50. The molecule has 0 aromatic carbocycles. The summed E-state index contributed by atoms with van der Waals surface area (Å²) in [5.74, 6) is -1.30. The third-order valence-corrected chi connectivity index (χ3v) is 2.61. The lowest BCUT2D eigenvalue weighted by Crippen LogP contribution is -2.45. The Hall–Kier alpha value is -1.10. The fourth-order valence-electron chi connectivity index (χ4n) is 1.88. The third kappa shape index (κ3) is 4.29. The van der Waals surface area contributed by atoms with Gasteiger partial charge in [0.15, 0.2) is 0 Å². The summed E-state index contributed by atoms with van der Waals surface area (Å²) in [5, 5.41) is 11.2. The number of carboxylic acid groups (broad SMARTS) is 1. The van der Waals surface area contributed by atoms with Crippen LogP contribution in [0.3, 0.4) is 0 Å². The van der Waals surface area contributed by atoms with Crippen LogP contribution in [0.25, 0.3) is 0 Å². The first-order valence-electron chi connectivity index (χ1n) is 5.12. The normalized spacial score (nSPS) is 18.7. The third-order valence-electron chi connectivity index (χ3n) is 2.61. The van der Waals surface area contributed by atoms with E-state index in [-0.39, 0.29) is 18.1 Å².